The Balaban J connectivity index is 4.05. The fraction of sp³-hybridized carbons (Fsp3) is 0.875. The van der Waals surface area contributed by atoms with E-state index in [4.69, 9.17) is 15.6 Å². The van der Waals surface area contributed by atoms with E-state index in [0.29, 0.717) is 0 Å². The second-order valence-electron chi connectivity index (χ2n) is 3.80. The maximum atomic E-state index is 11.1. The Morgan fingerprint density at radius 1 is 1.50 bits per heavy atom. The van der Waals surface area contributed by atoms with Crippen molar-refractivity contribution in [3.05, 3.63) is 0 Å². The first kappa shape index (κ1) is 11.4. The summed E-state index contributed by atoms with van der Waals surface area (Å²) in [6.45, 7) is 6.70. The van der Waals surface area contributed by atoms with Crippen molar-refractivity contribution in [2.75, 3.05) is 0 Å². The van der Waals surface area contributed by atoms with Gasteiger partial charge in [0.2, 0.25) is 0 Å². The summed E-state index contributed by atoms with van der Waals surface area (Å²) in [6, 6.07) is -0.954. The van der Waals surface area contributed by atoms with Crippen LogP contribution in [0.3, 0.4) is 0 Å². The van der Waals surface area contributed by atoms with Gasteiger partial charge in [0.05, 0.1) is 6.10 Å². The van der Waals surface area contributed by atoms with Gasteiger partial charge in [0.1, 0.15) is 11.6 Å². The number of hydrogen-bond donors (Lipinski definition) is 2. The van der Waals surface area contributed by atoms with E-state index in [1.54, 1.807) is 20.8 Å². The van der Waals surface area contributed by atoms with Gasteiger partial charge in [0.15, 0.2) is 0 Å². The quantitative estimate of drug-likeness (QED) is 0.581. The zero-order chi connectivity index (χ0) is 9.94. The summed E-state index contributed by atoms with van der Waals surface area (Å²) in [6.07, 6.45) is -0.875. The number of aliphatic hydroxyl groups is 1. The molecule has 4 heteroatoms. The van der Waals surface area contributed by atoms with Crippen molar-refractivity contribution in [3.63, 3.8) is 0 Å². The highest BCUT2D eigenvalue weighted by atomic mass is 16.6. The van der Waals surface area contributed by atoms with E-state index < -0.39 is 23.7 Å². The maximum absolute atomic E-state index is 11.1. The Kier molecular flexibility index (Phi) is 3.67. The summed E-state index contributed by atoms with van der Waals surface area (Å²) in [5.41, 5.74) is 4.79. The molecule has 0 heterocycles. The molecule has 3 N–H and O–H groups in total. The molecule has 0 aliphatic rings. The first-order valence-electron chi connectivity index (χ1n) is 3.90. The molecule has 0 saturated carbocycles. The molecule has 4 nitrogen and oxygen atoms in total. The lowest BCUT2D eigenvalue weighted by atomic mass is 10.1. The molecule has 2 unspecified atom stereocenters. The van der Waals surface area contributed by atoms with Gasteiger partial charge in [-0.1, -0.05) is 0 Å². The fourth-order valence-corrected chi connectivity index (χ4v) is 0.567. The van der Waals surface area contributed by atoms with Crippen molar-refractivity contribution in [1.29, 1.82) is 0 Å². The molecule has 0 aliphatic carbocycles. The molecule has 0 aliphatic heterocycles. The Labute approximate surface area is 72.7 Å². The first-order chi connectivity index (χ1) is 5.24. The van der Waals surface area contributed by atoms with E-state index >= 15 is 0 Å². The first-order valence-corrected chi connectivity index (χ1v) is 3.90. The number of rotatable bonds is 2. The fourth-order valence-electron chi connectivity index (χ4n) is 0.567. The number of aliphatic hydroxyl groups excluding tert-OH is 1. The zero-order valence-electron chi connectivity index (χ0n) is 8.00. The number of nitrogens with two attached hydrogens (primary N) is 1. The van der Waals surface area contributed by atoms with Crippen LogP contribution in [0.5, 0.6) is 0 Å². The van der Waals surface area contributed by atoms with Crippen molar-refractivity contribution in [2.24, 2.45) is 5.73 Å². The molecular weight excluding hydrogens is 158 g/mol. The van der Waals surface area contributed by atoms with E-state index in [1.807, 2.05) is 0 Å². The molecule has 2 atom stereocenters. The molecule has 0 aromatic heterocycles. The lowest BCUT2D eigenvalue weighted by Crippen LogP contribution is -2.44. The monoisotopic (exact) mass is 175 g/mol. The van der Waals surface area contributed by atoms with Crippen LogP contribution in [0.15, 0.2) is 0 Å². The molecule has 72 valence electrons. The average Bonchev–Trinajstić information content (AvgIpc) is 1.82. The molecule has 0 saturated heterocycles. The van der Waals surface area contributed by atoms with Crippen molar-refractivity contribution >= 4 is 5.97 Å². The molecule has 0 fully saturated rings. The Bertz CT molecular complexity index is 160. The molecule has 0 radical (unpaired) electrons. The topological polar surface area (TPSA) is 72.5 Å². The van der Waals surface area contributed by atoms with Crippen LogP contribution in [-0.4, -0.2) is 28.8 Å². The lowest BCUT2D eigenvalue weighted by molar-refractivity contribution is -0.158. The third kappa shape index (κ3) is 4.31. The highest BCUT2D eigenvalue weighted by molar-refractivity contribution is 5.76. The van der Waals surface area contributed by atoms with E-state index in [2.05, 4.69) is 0 Å². The highest BCUT2D eigenvalue weighted by Crippen LogP contribution is 2.08. The van der Waals surface area contributed by atoms with Crippen LogP contribution >= 0.6 is 0 Å². The SMILES string of the molecule is CC(O)C(N)C(=O)OC(C)(C)C. The lowest BCUT2D eigenvalue weighted by Gasteiger charge is -2.23. The molecule has 0 aromatic rings. The Morgan fingerprint density at radius 2 is 1.92 bits per heavy atom. The Hall–Kier alpha value is -0.610. The van der Waals surface area contributed by atoms with Crippen molar-refractivity contribution < 1.29 is 14.6 Å². The van der Waals surface area contributed by atoms with Gasteiger partial charge in [-0.2, -0.15) is 0 Å². The molecule has 0 amide bonds. The minimum atomic E-state index is -0.954. The van der Waals surface area contributed by atoms with Crippen LogP contribution in [-0.2, 0) is 9.53 Å². The van der Waals surface area contributed by atoms with Crippen LogP contribution in [0.2, 0.25) is 0 Å². The van der Waals surface area contributed by atoms with E-state index in [0.717, 1.165) is 0 Å². The molecule has 0 aromatic carbocycles. The molecule has 0 bridgehead atoms. The predicted octanol–water partition coefficient (Wildman–Crippen LogP) is 0.0362. The summed E-state index contributed by atoms with van der Waals surface area (Å²) in [5.74, 6) is -0.572. The van der Waals surface area contributed by atoms with Gasteiger partial charge >= 0.3 is 5.97 Å². The normalized spacial score (nSPS) is 16.8. The maximum Gasteiger partial charge on any atom is 0.326 e. The number of hydrogen-bond acceptors (Lipinski definition) is 4. The summed E-state index contributed by atoms with van der Waals surface area (Å²) < 4.78 is 4.94. The van der Waals surface area contributed by atoms with Gasteiger partial charge in [0, 0.05) is 0 Å². The Morgan fingerprint density at radius 3 is 2.17 bits per heavy atom. The third-order valence-corrected chi connectivity index (χ3v) is 1.20. The number of carbonyl (C=O) groups is 1. The standard InChI is InChI=1S/C8H17NO3/c1-5(10)6(9)7(11)12-8(2,3)4/h5-6,10H,9H2,1-4H3. The van der Waals surface area contributed by atoms with Gasteiger partial charge in [-0.25, -0.2) is 0 Å². The van der Waals surface area contributed by atoms with Gasteiger partial charge in [0.25, 0.3) is 0 Å². The average molecular weight is 175 g/mol. The van der Waals surface area contributed by atoms with Gasteiger partial charge < -0.3 is 15.6 Å². The zero-order valence-corrected chi connectivity index (χ0v) is 8.00. The second kappa shape index (κ2) is 3.87. The second-order valence-corrected chi connectivity index (χ2v) is 3.80. The van der Waals surface area contributed by atoms with E-state index in [-0.39, 0.29) is 0 Å². The van der Waals surface area contributed by atoms with Crippen LogP contribution in [0.4, 0.5) is 0 Å². The molecule has 0 spiro atoms. The molecule has 12 heavy (non-hydrogen) atoms. The number of ether oxygens (including phenoxy) is 1. The van der Waals surface area contributed by atoms with Crippen molar-refractivity contribution in [3.8, 4) is 0 Å². The number of carbonyl (C=O) groups excluding carboxylic acids is 1. The van der Waals surface area contributed by atoms with Gasteiger partial charge in [-0.05, 0) is 27.7 Å². The minimum absolute atomic E-state index is 0.552. The van der Waals surface area contributed by atoms with Crippen LogP contribution in [0.25, 0.3) is 0 Å². The largest absolute Gasteiger partial charge is 0.459 e. The smallest absolute Gasteiger partial charge is 0.326 e. The van der Waals surface area contributed by atoms with Crippen LogP contribution < -0.4 is 5.73 Å². The summed E-state index contributed by atoms with van der Waals surface area (Å²) in [7, 11) is 0. The third-order valence-electron chi connectivity index (χ3n) is 1.20. The van der Waals surface area contributed by atoms with Crippen LogP contribution in [0, 0.1) is 0 Å². The van der Waals surface area contributed by atoms with E-state index in [9.17, 15) is 4.79 Å². The minimum Gasteiger partial charge on any atom is -0.459 e. The summed E-state index contributed by atoms with van der Waals surface area (Å²) in [4.78, 5) is 11.1. The molecular formula is C8H17NO3. The van der Waals surface area contributed by atoms with Crippen LogP contribution in [0.1, 0.15) is 27.7 Å². The summed E-state index contributed by atoms with van der Waals surface area (Å²) in [5, 5.41) is 8.96. The molecule has 0 rings (SSSR count). The van der Waals surface area contributed by atoms with Gasteiger partial charge in [-0.3, -0.25) is 4.79 Å². The van der Waals surface area contributed by atoms with Crippen molar-refractivity contribution in [1.82, 2.24) is 0 Å². The summed E-state index contributed by atoms with van der Waals surface area (Å²) >= 11 is 0. The van der Waals surface area contributed by atoms with Gasteiger partial charge in [-0.15, -0.1) is 0 Å². The highest BCUT2D eigenvalue weighted by Gasteiger charge is 2.25. The van der Waals surface area contributed by atoms with E-state index in [1.165, 1.54) is 6.92 Å². The predicted molar refractivity (Wildman–Crippen MR) is 45.5 cm³/mol. The van der Waals surface area contributed by atoms with Crippen molar-refractivity contribution in [2.45, 2.75) is 45.4 Å². The number of esters is 1.